The average molecular weight is 425 g/mol. The normalized spacial score (nSPS) is 12.2. The van der Waals surface area contributed by atoms with Crippen LogP contribution in [0.5, 0.6) is 5.75 Å². The van der Waals surface area contributed by atoms with Crippen molar-refractivity contribution in [3.8, 4) is 17.1 Å². The number of aromatic nitrogens is 4. The molecule has 0 radical (unpaired) electrons. The van der Waals surface area contributed by atoms with Crippen molar-refractivity contribution < 1.29 is 9.84 Å². The van der Waals surface area contributed by atoms with Gasteiger partial charge in [-0.05, 0) is 28.8 Å². The fraction of sp³-hybridized carbons (Fsp3) is 0.150. The van der Waals surface area contributed by atoms with E-state index < -0.39 is 6.10 Å². The molecule has 27 heavy (non-hydrogen) atoms. The minimum absolute atomic E-state index is 0.139. The van der Waals surface area contributed by atoms with Crippen LogP contribution >= 0.6 is 15.9 Å². The number of rotatable bonds is 6. The third-order valence-corrected chi connectivity index (χ3v) is 4.81. The van der Waals surface area contributed by atoms with E-state index in [1.54, 1.807) is 0 Å². The van der Waals surface area contributed by atoms with Gasteiger partial charge >= 0.3 is 0 Å². The topological polar surface area (TPSA) is 73.1 Å². The molecule has 0 aliphatic heterocycles. The first kappa shape index (κ1) is 17.6. The summed E-state index contributed by atoms with van der Waals surface area (Å²) in [6, 6.07) is 21.5. The summed E-state index contributed by atoms with van der Waals surface area (Å²) >= 11 is 3.48. The van der Waals surface area contributed by atoms with Crippen molar-refractivity contribution in [1.29, 1.82) is 0 Å². The molecule has 0 spiro atoms. The molecule has 1 N–H and O–H groups in total. The van der Waals surface area contributed by atoms with Gasteiger partial charge in [-0.1, -0.05) is 64.5 Å². The maximum absolute atomic E-state index is 10.3. The first-order valence-electron chi connectivity index (χ1n) is 8.52. The van der Waals surface area contributed by atoms with Gasteiger partial charge in [0.15, 0.2) is 0 Å². The highest BCUT2D eigenvalue weighted by molar-refractivity contribution is 9.10. The molecular formula is C20H17BrN4O2. The molecule has 3 aromatic carbocycles. The Kier molecular flexibility index (Phi) is 5.13. The van der Waals surface area contributed by atoms with Crippen molar-refractivity contribution in [1.82, 2.24) is 20.2 Å². The summed E-state index contributed by atoms with van der Waals surface area (Å²) in [4.78, 5) is 1.38. The van der Waals surface area contributed by atoms with Crippen molar-refractivity contribution >= 4 is 26.7 Å². The van der Waals surface area contributed by atoms with Crippen LogP contribution in [-0.2, 0) is 6.54 Å². The Morgan fingerprint density at radius 2 is 1.78 bits per heavy atom. The highest BCUT2D eigenvalue weighted by atomic mass is 79.9. The molecule has 6 nitrogen and oxygen atoms in total. The lowest BCUT2D eigenvalue weighted by Gasteiger charge is -2.13. The van der Waals surface area contributed by atoms with E-state index in [0.717, 1.165) is 26.6 Å². The summed E-state index contributed by atoms with van der Waals surface area (Å²) in [5, 5.41) is 24.8. The van der Waals surface area contributed by atoms with Gasteiger partial charge in [0.2, 0.25) is 5.82 Å². The van der Waals surface area contributed by atoms with E-state index in [1.165, 1.54) is 4.80 Å². The number of aliphatic hydroxyl groups is 1. The molecule has 7 heteroatoms. The molecule has 0 saturated heterocycles. The molecule has 0 aliphatic carbocycles. The molecule has 4 aromatic rings. The second-order valence-electron chi connectivity index (χ2n) is 6.09. The predicted octanol–water partition coefficient (Wildman–Crippen LogP) is 3.70. The number of hydrogen-bond donors (Lipinski definition) is 1. The summed E-state index contributed by atoms with van der Waals surface area (Å²) in [6.45, 7) is 0.335. The Balaban J connectivity index is 1.41. The van der Waals surface area contributed by atoms with Crippen LogP contribution in [0.3, 0.4) is 0 Å². The van der Waals surface area contributed by atoms with Gasteiger partial charge in [-0.2, -0.15) is 4.80 Å². The van der Waals surface area contributed by atoms with Crippen LogP contribution in [0.15, 0.2) is 71.2 Å². The van der Waals surface area contributed by atoms with E-state index in [2.05, 4.69) is 31.3 Å². The maximum Gasteiger partial charge on any atom is 0.206 e. The Bertz CT molecular complexity index is 1060. The van der Waals surface area contributed by atoms with E-state index >= 15 is 0 Å². The molecule has 1 heterocycles. The van der Waals surface area contributed by atoms with Crippen LogP contribution in [0, 0.1) is 0 Å². The summed E-state index contributed by atoms with van der Waals surface area (Å²) in [7, 11) is 0. The van der Waals surface area contributed by atoms with E-state index in [1.807, 2.05) is 66.7 Å². The SMILES string of the molecule is O[C@H](COc1cccc2ccccc12)Cn1nnc(-c2ccccc2Br)n1. The largest absolute Gasteiger partial charge is 0.490 e. The molecular weight excluding hydrogens is 408 g/mol. The van der Waals surface area contributed by atoms with Gasteiger partial charge in [0.25, 0.3) is 0 Å². The number of halogens is 1. The highest BCUT2D eigenvalue weighted by Crippen LogP contribution is 2.26. The summed E-state index contributed by atoms with van der Waals surface area (Å²) in [5.74, 6) is 1.25. The van der Waals surface area contributed by atoms with Gasteiger partial charge < -0.3 is 9.84 Å². The van der Waals surface area contributed by atoms with Gasteiger partial charge in [-0.3, -0.25) is 0 Å². The number of benzene rings is 3. The number of ether oxygens (including phenoxy) is 1. The second kappa shape index (κ2) is 7.85. The molecule has 0 fully saturated rings. The standard InChI is InChI=1S/C20H17BrN4O2/c21-18-10-4-3-9-17(18)20-22-24-25(23-20)12-15(26)13-27-19-11-5-7-14-6-1-2-8-16(14)19/h1-11,15,26H,12-13H2/t15-/m0/s1. The minimum Gasteiger partial charge on any atom is -0.490 e. The zero-order valence-electron chi connectivity index (χ0n) is 14.4. The second-order valence-corrected chi connectivity index (χ2v) is 6.94. The van der Waals surface area contributed by atoms with Crippen molar-refractivity contribution in [2.24, 2.45) is 0 Å². The van der Waals surface area contributed by atoms with Gasteiger partial charge in [-0.25, -0.2) is 0 Å². The van der Waals surface area contributed by atoms with Gasteiger partial charge in [0, 0.05) is 15.4 Å². The molecule has 0 unspecified atom stereocenters. The number of tetrazole rings is 1. The highest BCUT2D eigenvalue weighted by Gasteiger charge is 2.13. The van der Waals surface area contributed by atoms with E-state index in [0.29, 0.717) is 5.82 Å². The number of hydrogen-bond acceptors (Lipinski definition) is 5. The van der Waals surface area contributed by atoms with Crippen LogP contribution in [0.1, 0.15) is 0 Å². The van der Waals surface area contributed by atoms with Gasteiger partial charge in [0.1, 0.15) is 18.5 Å². The van der Waals surface area contributed by atoms with Crippen LogP contribution < -0.4 is 4.74 Å². The lowest BCUT2D eigenvalue weighted by molar-refractivity contribution is 0.0857. The molecule has 0 saturated carbocycles. The predicted molar refractivity (Wildman–Crippen MR) is 106 cm³/mol. The number of aliphatic hydroxyl groups excluding tert-OH is 1. The lowest BCUT2D eigenvalue weighted by atomic mass is 10.1. The van der Waals surface area contributed by atoms with Crippen molar-refractivity contribution in [2.75, 3.05) is 6.61 Å². The Labute approximate surface area is 164 Å². The fourth-order valence-electron chi connectivity index (χ4n) is 2.82. The summed E-state index contributed by atoms with van der Waals surface area (Å²) < 4.78 is 6.71. The third kappa shape index (κ3) is 3.99. The monoisotopic (exact) mass is 424 g/mol. The van der Waals surface area contributed by atoms with Gasteiger partial charge in [-0.15, -0.1) is 10.2 Å². The summed E-state index contributed by atoms with van der Waals surface area (Å²) in [6.07, 6.45) is -0.759. The van der Waals surface area contributed by atoms with E-state index in [-0.39, 0.29) is 13.2 Å². The zero-order chi connectivity index (χ0) is 18.6. The quantitative estimate of drug-likeness (QED) is 0.510. The summed E-state index contributed by atoms with van der Waals surface area (Å²) in [5.41, 5.74) is 0.852. The first-order chi connectivity index (χ1) is 13.2. The van der Waals surface area contributed by atoms with Gasteiger partial charge in [0.05, 0.1) is 6.54 Å². The molecule has 0 bridgehead atoms. The third-order valence-electron chi connectivity index (χ3n) is 4.12. The number of nitrogens with zero attached hydrogens (tertiary/aromatic N) is 4. The van der Waals surface area contributed by atoms with Crippen LogP contribution in [0.25, 0.3) is 22.2 Å². The minimum atomic E-state index is -0.759. The molecule has 0 aliphatic rings. The lowest BCUT2D eigenvalue weighted by Crippen LogP contribution is -2.25. The van der Waals surface area contributed by atoms with Crippen LogP contribution in [0.4, 0.5) is 0 Å². The van der Waals surface area contributed by atoms with Crippen molar-refractivity contribution in [2.45, 2.75) is 12.6 Å². The maximum atomic E-state index is 10.3. The average Bonchev–Trinajstić information content (AvgIpc) is 3.15. The fourth-order valence-corrected chi connectivity index (χ4v) is 3.28. The number of fused-ring (bicyclic) bond motifs is 1. The van der Waals surface area contributed by atoms with Crippen molar-refractivity contribution in [3.05, 3.63) is 71.2 Å². The Hall–Kier alpha value is -2.77. The van der Waals surface area contributed by atoms with E-state index in [4.69, 9.17) is 4.74 Å². The molecule has 4 rings (SSSR count). The Morgan fingerprint density at radius 1 is 1.00 bits per heavy atom. The zero-order valence-corrected chi connectivity index (χ0v) is 16.0. The molecule has 0 amide bonds. The van der Waals surface area contributed by atoms with Crippen LogP contribution in [0.2, 0.25) is 0 Å². The Morgan fingerprint density at radius 3 is 2.67 bits per heavy atom. The van der Waals surface area contributed by atoms with Crippen LogP contribution in [-0.4, -0.2) is 38.0 Å². The van der Waals surface area contributed by atoms with Crippen molar-refractivity contribution in [3.63, 3.8) is 0 Å². The smallest absolute Gasteiger partial charge is 0.206 e. The molecule has 136 valence electrons. The first-order valence-corrected chi connectivity index (χ1v) is 9.31. The molecule has 1 atom stereocenters. The molecule has 1 aromatic heterocycles. The van der Waals surface area contributed by atoms with E-state index in [9.17, 15) is 5.11 Å².